The predicted molar refractivity (Wildman–Crippen MR) is 87.9 cm³/mol. The summed E-state index contributed by atoms with van der Waals surface area (Å²) in [6.07, 6.45) is 7.14. The van der Waals surface area contributed by atoms with Gasteiger partial charge in [-0.1, -0.05) is 5.92 Å². The van der Waals surface area contributed by atoms with Crippen molar-refractivity contribution < 1.29 is 9.90 Å². The monoisotopic (exact) mass is 318 g/mol. The number of nitrogens with zero attached hydrogens (tertiary/aromatic N) is 3. The number of terminal acetylenes is 1. The Morgan fingerprint density at radius 3 is 2.79 bits per heavy atom. The summed E-state index contributed by atoms with van der Waals surface area (Å²) in [6.45, 7) is 0. The molecule has 1 fully saturated rings. The molecule has 1 heterocycles. The Hall–Kier alpha value is -3.38. The molecule has 0 atom stereocenters. The number of hydrogen-bond donors (Lipinski definition) is 2. The highest BCUT2D eigenvalue weighted by molar-refractivity contribution is 5.91. The van der Waals surface area contributed by atoms with Crippen LogP contribution in [0.4, 0.5) is 5.82 Å². The highest BCUT2D eigenvalue weighted by Crippen LogP contribution is 2.45. The van der Waals surface area contributed by atoms with Gasteiger partial charge in [0, 0.05) is 11.1 Å². The smallest absolute Gasteiger partial charge is 0.239 e. The molecule has 0 radical (unpaired) electrons. The minimum atomic E-state index is -0.428. The summed E-state index contributed by atoms with van der Waals surface area (Å²) < 4.78 is 0. The Labute approximate surface area is 139 Å². The molecule has 24 heavy (non-hydrogen) atoms. The summed E-state index contributed by atoms with van der Waals surface area (Å²) in [5, 5.41) is 29.5. The first-order chi connectivity index (χ1) is 11.6. The van der Waals surface area contributed by atoms with Crippen LogP contribution in [0.15, 0.2) is 24.3 Å². The lowest BCUT2D eigenvalue weighted by molar-refractivity contribution is -0.115. The summed E-state index contributed by atoms with van der Waals surface area (Å²) in [5.74, 6) is 2.72. The number of amides is 1. The van der Waals surface area contributed by atoms with Crippen LogP contribution in [0.1, 0.15) is 36.3 Å². The molecular formula is C18H14N4O2. The molecule has 1 aliphatic rings. The molecule has 0 bridgehead atoms. The Morgan fingerprint density at radius 2 is 2.17 bits per heavy atom. The van der Waals surface area contributed by atoms with Gasteiger partial charge in [-0.3, -0.25) is 4.79 Å². The normalized spacial score (nSPS) is 12.9. The fourth-order valence-corrected chi connectivity index (χ4v) is 2.46. The van der Waals surface area contributed by atoms with Crippen molar-refractivity contribution in [2.45, 2.75) is 25.2 Å². The van der Waals surface area contributed by atoms with Gasteiger partial charge in [-0.25, -0.2) is 0 Å². The molecular weight excluding hydrogens is 304 g/mol. The molecule has 2 aromatic rings. The summed E-state index contributed by atoms with van der Waals surface area (Å²) in [5.41, 5.74) is 2.63. The number of carbonyl (C=O) groups is 1. The van der Waals surface area contributed by atoms with E-state index in [1.165, 1.54) is 6.07 Å². The van der Waals surface area contributed by atoms with Crippen molar-refractivity contribution in [3.8, 4) is 35.4 Å². The first-order valence-corrected chi connectivity index (χ1v) is 7.46. The van der Waals surface area contributed by atoms with Crippen LogP contribution < -0.4 is 5.32 Å². The van der Waals surface area contributed by atoms with Crippen LogP contribution in [0.5, 0.6) is 5.75 Å². The number of hydrogen-bond acceptors (Lipinski definition) is 5. The first kappa shape index (κ1) is 15.5. The van der Waals surface area contributed by atoms with E-state index in [0.717, 1.165) is 18.4 Å². The standard InChI is InChI=1S/C18H14N4O2/c1-2-11-3-6-13(15(23)9-11)18-14(12-4-5-12)10-16(21-22-18)20-17(24)7-8-19/h1,3,6,9-10,12,23H,4-5,7H2,(H,20,21,24). The number of nitriles is 1. The van der Waals surface area contributed by atoms with Crippen molar-refractivity contribution in [3.63, 3.8) is 0 Å². The molecule has 1 aromatic carbocycles. The highest BCUT2D eigenvalue weighted by Gasteiger charge is 2.29. The second-order valence-corrected chi connectivity index (χ2v) is 5.57. The number of anilines is 1. The van der Waals surface area contributed by atoms with Crippen LogP contribution in [0.2, 0.25) is 0 Å². The molecule has 1 saturated carbocycles. The lowest BCUT2D eigenvalue weighted by atomic mass is 10.0. The van der Waals surface area contributed by atoms with Crippen molar-refractivity contribution in [2.24, 2.45) is 0 Å². The maximum Gasteiger partial charge on any atom is 0.239 e. The average molecular weight is 318 g/mol. The SMILES string of the molecule is C#Cc1ccc(-c2nnc(NC(=O)CC#N)cc2C2CC2)c(O)c1. The van der Waals surface area contributed by atoms with Crippen LogP contribution in [0.25, 0.3) is 11.3 Å². The molecule has 0 saturated heterocycles. The molecule has 1 aliphatic carbocycles. The summed E-state index contributed by atoms with van der Waals surface area (Å²) in [7, 11) is 0. The van der Waals surface area contributed by atoms with Gasteiger partial charge in [-0.15, -0.1) is 16.6 Å². The maximum atomic E-state index is 11.5. The molecule has 118 valence electrons. The van der Waals surface area contributed by atoms with Gasteiger partial charge in [0.05, 0.1) is 6.07 Å². The fourth-order valence-electron chi connectivity index (χ4n) is 2.46. The van der Waals surface area contributed by atoms with E-state index < -0.39 is 5.91 Å². The maximum absolute atomic E-state index is 11.5. The molecule has 6 nitrogen and oxygen atoms in total. The van der Waals surface area contributed by atoms with Crippen LogP contribution in [0.3, 0.4) is 0 Å². The molecule has 1 amide bonds. The molecule has 3 rings (SSSR count). The van der Waals surface area contributed by atoms with Gasteiger partial charge in [0.25, 0.3) is 0 Å². The third kappa shape index (κ3) is 3.18. The van der Waals surface area contributed by atoms with Gasteiger partial charge in [0.2, 0.25) is 5.91 Å². The first-order valence-electron chi connectivity index (χ1n) is 7.46. The van der Waals surface area contributed by atoms with E-state index in [1.807, 2.05) is 0 Å². The topological polar surface area (TPSA) is 98.9 Å². The number of benzene rings is 1. The minimum absolute atomic E-state index is 0.0444. The average Bonchev–Trinajstić information content (AvgIpc) is 3.40. The number of nitrogens with one attached hydrogen (secondary N) is 1. The minimum Gasteiger partial charge on any atom is -0.507 e. The number of aromatic nitrogens is 2. The second-order valence-electron chi connectivity index (χ2n) is 5.57. The van der Waals surface area contributed by atoms with Crippen LogP contribution in [0, 0.1) is 23.7 Å². The van der Waals surface area contributed by atoms with Crippen molar-refractivity contribution >= 4 is 11.7 Å². The van der Waals surface area contributed by atoms with Crippen LogP contribution in [-0.2, 0) is 4.79 Å². The van der Waals surface area contributed by atoms with Crippen LogP contribution in [-0.4, -0.2) is 21.2 Å². The second kappa shape index (κ2) is 6.39. The van der Waals surface area contributed by atoms with E-state index in [-0.39, 0.29) is 12.2 Å². The Bertz CT molecular complexity index is 889. The van der Waals surface area contributed by atoms with Gasteiger partial charge in [0.1, 0.15) is 17.9 Å². The summed E-state index contributed by atoms with van der Waals surface area (Å²) >= 11 is 0. The molecule has 0 spiro atoms. The third-order valence-electron chi connectivity index (χ3n) is 3.77. The van der Waals surface area contributed by atoms with E-state index in [2.05, 4.69) is 21.4 Å². The van der Waals surface area contributed by atoms with Gasteiger partial charge < -0.3 is 10.4 Å². The van der Waals surface area contributed by atoms with E-state index in [1.54, 1.807) is 24.3 Å². The van der Waals surface area contributed by atoms with Gasteiger partial charge >= 0.3 is 0 Å². The zero-order chi connectivity index (χ0) is 17.1. The van der Waals surface area contributed by atoms with E-state index >= 15 is 0 Å². The fraction of sp³-hybridized carbons (Fsp3) is 0.222. The lowest BCUT2D eigenvalue weighted by Gasteiger charge is -2.11. The number of aromatic hydroxyl groups is 1. The largest absolute Gasteiger partial charge is 0.507 e. The molecule has 0 unspecified atom stereocenters. The molecule has 2 N–H and O–H groups in total. The predicted octanol–water partition coefficient (Wildman–Crippen LogP) is 2.56. The zero-order valence-electron chi connectivity index (χ0n) is 12.8. The number of phenols is 1. The third-order valence-corrected chi connectivity index (χ3v) is 3.77. The molecule has 0 aliphatic heterocycles. The lowest BCUT2D eigenvalue weighted by Crippen LogP contribution is -2.12. The number of carbonyl (C=O) groups excluding carboxylic acids is 1. The van der Waals surface area contributed by atoms with Gasteiger partial charge in [0.15, 0.2) is 5.82 Å². The van der Waals surface area contributed by atoms with Gasteiger partial charge in [-0.2, -0.15) is 5.26 Å². The van der Waals surface area contributed by atoms with E-state index in [9.17, 15) is 9.90 Å². The quantitative estimate of drug-likeness (QED) is 0.844. The van der Waals surface area contributed by atoms with Crippen LogP contribution >= 0.6 is 0 Å². The number of rotatable bonds is 4. The van der Waals surface area contributed by atoms with E-state index in [4.69, 9.17) is 11.7 Å². The number of phenolic OH excluding ortho intramolecular Hbond substituents is 1. The van der Waals surface area contributed by atoms with E-state index in [0.29, 0.717) is 28.6 Å². The highest BCUT2D eigenvalue weighted by atomic mass is 16.3. The summed E-state index contributed by atoms with van der Waals surface area (Å²) in [6, 6.07) is 8.50. The zero-order valence-corrected chi connectivity index (χ0v) is 12.8. The van der Waals surface area contributed by atoms with Crippen molar-refractivity contribution in [2.75, 3.05) is 5.32 Å². The Balaban J connectivity index is 1.98. The van der Waals surface area contributed by atoms with Gasteiger partial charge in [-0.05, 0) is 48.6 Å². The molecule has 6 heteroatoms. The Morgan fingerprint density at radius 1 is 1.38 bits per heavy atom. The van der Waals surface area contributed by atoms with Crippen molar-refractivity contribution in [1.82, 2.24) is 10.2 Å². The summed E-state index contributed by atoms with van der Waals surface area (Å²) in [4.78, 5) is 11.5. The Kier molecular flexibility index (Phi) is 4.13. The van der Waals surface area contributed by atoms with Crippen molar-refractivity contribution in [3.05, 3.63) is 35.4 Å². The van der Waals surface area contributed by atoms with Crippen molar-refractivity contribution in [1.29, 1.82) is 5.26 Å². The molecule has 1 aromatic heterocycles.